The quantitative estimate of drug-likeness (QED) is 0.719. The van der Waals surface area contributed by atoms with Crippen molar-refractivity contribution in [3.8, 4) is 11.5 Å². The molecule has 2 atom stereocenters. The Morgan fingerprint density at radius 2 is 2.10 bits per heavy atom. The number of hydrogen-bond acceptors (Lipinski definition) is 5. The minimum absolute atomic E-state index is 0.0493. The number of carboxylic acids is 1. The Hall–Kier alpha value is -2.54. The van der Waals surface area contributed by atoms with Gasteiger partial charge in [-0.05, 0) is 53.9 Å². The second-order valence-corrected chi connectivity index (χ2v) is 9.55. The molecule has 7 heteroatoms. The van der Waals surface area contributed by atoms with Crippen LogP contribution >= 0.6 is 11.3 Å². The van der Waals surface area contributed by atoms with Gasteiger partial charge in [-0.1, -0.05) is 13.8 Å². The largest absolute Gasteiger partial charge is 0.496 e. The fraction of sp³-hybridized carbons (Fsp3) is 0.455. The van der Waals surface area contributed by atoms with Gasteiger partial charge in [0.15, 0.2) is 6.61 Å². The summed E-state index contributed by atoms with van der Waals surface area (Å²) in [5.41, 5.74) is 3.82. The van der Waals surface area contributed by atoms with E-state index in [1.807, 2.05) is 0 Å². The predicted molar refractivity (Wildman–Crippen MR) is 110 cm³/mol. The van der Waals surface area contributed by atoms with E-state index in [9.17, 15) is 9.59 Å². The molecule has 0 spiro atoms. The molecule has 2 aliphatic carbocycles. The molecule has 4 rings (SSSR count). The molecule has 1 amide bonds. The molecule has 29 heavy (non-hydrogen) atoms. The number of fused-ring (bicyclic) bond motifs is 3. The van der Waals surface area contributed by atoms with E-state index in [2.05, 4.69) is 26.1 Å². The molecule has 1 heterocycles. The van der Waals surface area contributed by atoms with Gasteiger partial charge < -0.3 is 19.9 Å². The summed E-state index contributed by atoms with van der Waals surface area (Å²) in [5, 5.41) is 11.7. The van der Waals surface area contributed by atoms with Gasteiger partial charge in [0.2, 0.25) is 0 Å². The van der Waals surface area contributed by atoms with Crippen LogP contribution in [0.15, 0.2) is 18.2 Å². The van der Waals surface area contributed by atoms with Crippen LogP contribution in [-0.2, 0) is 17.8 Å². The summed E-state index contributed by atoms with van der Waals surface area (Å²) in [6.45, 7) is 6.67. The second kappa shape index (κ2) is 7.06. The lowest BCUT2D eigenvalue weighted by Gasteiger charge is -2.13. The van der Waals surface area contributed by atoms with Crippen LogP contribution in [0.3, 0.4) is 0 Å². The van der Waals surface area contributed by atoms with E-state index in [0.29, 0.717) is 35.3 Å². The van der Waals surface area contributed by atoms with E-state index in [1.54, 1.807) is 29.5 Å². The number of amides is 1. The number of hydrogen-bond donors (Lipinski definition) is 2. The van der Waals surface area contributed by atoms with Crippen LogP contribution in [0.5, 0.6) is 11.5 Å². The van der Waals surface area contributed by atoms with Crippen LogP contribution in [0.25, 0.3) is 0 Å². The maximum Gasteiger partial charge on any atom is 0.341 e. The minimum atomic E-state index is -1.04. The zero-order valence-corrected chi connectivity index (χ0v) is 17.8. The molecule has 1 saturated carbocycles. The Kier molecular flexibility index (Phi) is 4.81. The van der Waals surface area contributed by atoms with Crippen molar-refractivity contribution in [1.82, 2.24) is 5.32 Å². The maximum atomic E-state index is 12.9. The fourth-order valence-electron chi connectivity index (χ4n) is 4.68. The van der Waals surface area contributed by atoms with Crippen molar-refractivity contribution in [2.24, 2.45) is 11.3 Å². The highest BCUT2D eigenvalue weighted by Crippen LogP contribution is 2.71. The Labute approximate surface area is 173 Å². The Morgan fingerprint density at radius 3 is 2.79 bits per heavy atom. The highest BCUT2D eigenvalue weighted by molar-refractivity contribution is 7.14. The minimum Gasteiger partial charge on any atom is -0.496 e. The highest BCUT2D eigenvalue weighted by Gasteiger charge is 2.63. The molecule has 2 aliphatic rings. The number of carbonyl (C=O) groups is 2. The molecule has 1 aromatic carbocycles. The standard InChI is InChI=1S/C22H25NO5S/c1-11-18-14(8-15-19(18)22(15,2)3)20(29-11)21(26)23-9-12-5-6-13(7-16(12)27-4)28-10-17(24)25/h5-7,15,19H,8-10H2,1-4H3,(H,23,26)(H,24,25)/t15-,19-/m1/s1. The molecule has 0 aliphatic heterocycles. The first-order valence-electron chi connectivity index (χ1n) is 9.66. The number of ether oxygens (including phenoxy) is 2. The van der Waals surface area contributed by atoms with Gasteiger partial charge >= 0.3 is 5.97 Å². The zero-order chi connectivity index (χ0) is 20.9. The first-order chi connectivity index (χ1) is 13.7. The molecular weight excluding hydrogens is 390 g/mol. The smallest absolute Gasteiger partial charge is 0.341 e. The third-order valence-corrected chi connectivity index (χ3v) is 7.45. The van der Waals surface area contributed by atoms with Crippen LogP contribution in [0.1, 0.15) is 51.0 Å². The monoisotopic (exact) mass is 415 g/mol. The van der Waals surface area contributed by atoms with Crippen molar-refractivity contribution >= 4 is 23.2 Å². The molecule has 154 valence electrons. The molecule has 2 N–H and O–H groups in total. The number of thiophene rings is 1. The molecule has 0 saturated heterocycles. The molecule has 6 nitrogen and oxygen atoms in total. The fourth-order valence-corrected chi connectivity index (χ4v) is 5.82. The Balaban J connectivity index is 1.45. The van der Waals surface area contributed by atoms with Gasteiger partial charge in [0.05, 0.1) is 12.0 Å². The summed E-state index contributed by atoms with van der Waals surface area (Å²) in [4.78, 5) is 25.6. The molecule has 0 radical (unpaired) electrons. The number of benzene rings is 1. The first-order valence-corrected chi connectivity index (χ1v) is 10.5. The van der Waals surface area contributed by atoms with E-state index in [4.69, 9.17) is 14.6 Å². The van der Waals surface area contributed by atoms with E-state index >= 15 is 0 Å². The molecule has 0 bridgehead atoms. The molecule has 0 unspecified atom stereocenters. The van der Waals surface area contributed by atoms with Crippen molar-refractivity contribution in [2.75, 3.05) is 13.7 Å². The van der Waals surface area contributed by atoms with Gasteiger partial charge in [-0.25, -0.2) is 4.79 Å². The van der Waals surface area contributed by atoms with Crippen molar-refractivity contribution in [3.05, 3.63) is 44.6 Å². The van der Waals surface area contributed by atoms with Crippen LogP contribution in [0, 0.1) is 18.3 Å². The average Bonchev–Trinajstić information content (AvgIpc) is 3.02. The third kappa shape index (κ3) is 3.37. The van der Waals surface area contributed by atoms with Crippen molar-refractivity contribution in [1.29, 1.82) is 0 Å². The lowest BCUT2D eigenvalue weighted by molar-refractivity contribution is -0.139. The van der Waals surface area contributed by atoms with E-state index in [1.165, 1.54) is 23.1 Å². The van der Waals surface area contributed by atoms with Crippen LogP contribution in [0.4, 0.5) is 0 Å². The SMILES string of the molecule is COc1cc(OCC(=O)O)ccc1CNC(=O)c1sc(C)c2c1C[C@@H]1[C@H]2C1(C)C. The number of carboxylic acid groups (broad SMARTS) is 1. The second-order valence-electron chi connectivity index (χ2n) is 8.33. The maximum absolute atomic E-state index is 12.9. The number of aliphatic carboxylic acids is 1. The number of aryl methyl sites for hydroxylation is 1. The van der Waals surface area contributed by atoms with Crippen molar-refractivity contribution in [3.63, 3.8) is 0 Å². The summed E-state index contributed by atoms with van der Waals surface area (Å²) in [6.07, 6.45) is 0.999. The van der Waals surface area contributed by atoms with Gasteiger partial charge in [0, 0.05) is 23.1 Å². The lowest BCUT2D eigenvalue weighted by Crippen LogP contribution is -2.23. The first kappa shape index (κ1) is 19.8. The molecular formula is C22H25NO5S. The Bertz CT molecular complexity index is 993. The van der Waals surface area contributed by atoms with Gasteiger partial charge in [0.25, 0.3) is 5.91 Å². The number of methoxy groups -OCH3 is 1. The van der Waals surface area contributed by atoms with E-state index < -0.39 is 12.6 Å². The van der Waals surface area contributed by atoms with Gasteiger partial charge in [-0.15, -0.1) is 11.3 Å². The van der Waals surface area contributed by atoms with Crippen molar-refractivity contribution in [2.45, 2.75) is 39.7 Å². The number of rotatable bonds is 7. The summed E-state index contributed by atoms with van der Waals surface area (Å²) >= 11 is 1.59. The topological polar surface area (TPSA) is 84.9 Å². The number of nitrogens with one attached hydrogen (secondary N) is 1. The van der Waals surface area contributed by atoms with Crippen LogP contribution in [-0.4, -0.2) is 30.7 Å². The van der Waals surface area contributed by atoms with E-state index in [0.717, 1.165) is 16.9 Å². The third-order valence-electron chi connectivity index (χ3n) is 6.29. The average molecular weight is 416 g/mol. The normalized spacial score (nSPS) is 20.6. The van der Waals surface area contributed by atoms with E-state index in [-0.39, 0.29) is 5.91 Å². The lowest BCUT2D eigenvalue weighted by atomic mass is 9.95. The highest BCUT2D eigenvalue weighted by atomic mass is 32.1. The summed E-state index contributed by atoms with van der Waals surface area (Å²) in [5.74, 6) is 1.14. The summed E-state index contributed by atoms with van der Waals surface area (Å²) < 4.78 is 10.6. The van der Waals surface area contributed by atoms with Crippen molar-refractivity contribution < 1.29 is 24.2 Å². The summed E-state index contributed by atoms with van der Waals surface area (Å²) in [7, 11) is 1.53. The molecule has 1 aromatic heterocycles. The van der Waals surface area contributed by atoms with Gasteiger partial charge in [-0.3, -0.25) is 4.79 Å². The Morgan fingerprint density at radius 1 is 1.34 bits per heavy atom. The summed E-state index contributed by atoms with van der Waals surface area (Å²) in [6, 6.07) is 5.08. The van der Waals surface area contributed by atoms with Gasteiger partial charge in [-0.2, -0.15) is 0 Å². The predicted octanol–water partition coefficient (Wildman–Crippen LogP) is 3.75. The molecule has 2 aromatic rings. The van der Waals surface area contributed by atoms with Crippen LogP contribution < -0.4 is 14.8 Å². The van der Waals surface area contributed by atoms with Gasteiger partial charge in [0.1, 0.15) is 11.5 Å². The molecule has 1 fully saturated rings. The van der Waals surface area contributed by atoms with Crippen LogP contribution in [0.2, 0.25) is 0 Å². The zero-order valence-electron chi connectivity index (χ0n) is 17.0. The number of carbonyl (C=O) groups excluding carboxylic acids is 1.